The molecule has 0 spiro atoms. The topological polar surface area (TPSA) is 82.3 Å². The predicted octanol–water partition coefficient (Wildman–Crippen LogP) is 7.70. The van der Waals surface area contributed by atoms with Gasteiger partial charge in [0.1, 0.15) is 23.3 Å². The summed E-state index contributed by atoms with van der Waals surface area (Å²) in [5.74, 6) is 3.94. The fraction of sp³-hybridized carbons (Fsp3) is 0.143. The van der Waals surface area contributed by atoms with Crippen LogP contribution in [0, 0.1) is 34.6 Å². The van der Waals surface area contributed by atoms with Crippen LogP contribution < -0.4 is 0 Å². The molecule has 0 unspecified atom stereocenters. The van der Waals surface area contributed by atoms with E-state index in [0.29, 0.717) is 34.9 Å². The minimum atomic E-state index is 0.611. The van der Waals surface area contributed by atoms with Gasteiger partial charge in [-0.25, -0.2) is 29.9 Å². The van der Waals surface area contributed by atoms with E-state index in [9.17, 15) is 0 Å². The molecule has 7 aromatic rings. The summed E-state index contributed by atoms with van der Waals surface area (Å²) >= 11 is 0. The van der Waals surface area contributed by atoms with Crippen LogP contribution in [-0.4, -0.2) is 34.5 Å². The number of rotatable bonds is 4. The third kappa shape index (κ3) is 4.49. The molecule has 0 aliphatic heterocycles. The molecule has 0 aliphatic carbocycles. The zero-order valence-electron chi connectivity index (χ0n) is 24.2. The van der Waals surface area contributed by atoms with E-state index in [4.69, 9.17) is 9.97 Å². The molecule has 3 aromatic heterocycles. The van der Waals surface area contributed by atoms with E-state index in [1.54, 1.807) is 0 Å². The highest BCUT2D eigenvalue weighted by atomic mass is 15.0. The van der Waals surface area contributed by atoms with Crippen LogP contribution in [0.3, 0.4) is 0 Å². The Morgan fingerprint density at radius 2 is 1.02 bits per heavy atom. The van der Waals surface area contributed by atoms with Crippen LogP contribution in [0.2, 0.25) is 0 Å². The van der Waals surface area contributed by atoms with Gasteiger partial charge in [-0.15, -0.1) is 0 Å². The molecule has 0 saturated carbocycles. The van der Waals surface area contributed by atoms with Crippen LogP contribution in [0.1, 0.15) is 28.9 Å². The standard InChI is InChI=1S/C35H29N7/c1-20-10-12-25(13-11-20)26-14-16-29-28-8-6-7-9-31(28)42(33(29)19-26)32-17-15-27(34-38-21(2)36-22(3)39-34)18-30(32)35-40-23(4)37-24(5)41-35/h6-19H,1-5H3. The van der Waals surface area contributed by atoms with Gasteiger partial charge in [0.25, 0.3) is 0 Å². The van der Waals surface area contributed by atoms with Crippen LogP contribution >= 0.6 is 0 Å². The van der Waals surface area contributed by atoms with Crippen molar-refractivity contribution in [1.82, 2.24) is 34.5 Å². The summed E-state index contributed by atoms with van der Waals surface area (Å²) in [6.45, 7) is 9.68. The van der Waals surface area contributed by atoms with Crippen molar-refractivity contribution >= 4 is 21.8 Å². The average Bonchev–Trinajstić information content (AvgIpc) is 3.30. The van der Waals surface area contributed by atoms with Crippen LogP contribution in [0.4, 0.5) is 0 Å². The quantitative estimate of drug-likeness (QED) is 0.225. The first-order valence-electron chi connectivity index (χ1n) is 14.0. The Labute approximate surface area is 244 Å². The lowest BCUT2D eigenvalue weighted by atomic mass is 10.0. The van der Waals surface area contributed by atoms with Crippen molar-refractivity contribution in [2.75, 3.05) is 0 Å². The van der Waals surface area contributed by atoms with Crippen LogP contribution in [0.15, 0.2) is 84.9 Å². The van der Waals surface area contributed by atoms with Crippen LogP contribution in [0.25, 0.3) is 61.4 Å². The maximum Gasteiger partial charge on any atom is 0.165 e. The number of benzene rings is 4. The van der Waals surface area contributed by atoms with E-state index in [-0.39, 0.29) is 0 Å². The summed E-state index contributed by atoms with van der Waals surface area (Å²) in [6, 6.07) is 30.2. The molecule has 3 heterocycles. The Hall–Kier alpha value is -5.30. The Balaban J connectivity index is 1.54. The number of aromatic nitrogens is 7. The molecule has 7 rings (SSSR count). The molecule has 0 radical (unpaired) electrons. The van der Waals surface area contributed by atoms with E-state index < -0.39 is 0 Å². The molecule has 7 nitrogen and oxygen atoms in total. The number of hydrogen-bond acceptors (Lipinski definition) is 6. The van der Waals surface area contributed by atoms with Crippen molar-refractivity contribution in [3.63, 3.8) is 0 Å². The van der Waals surface area contributed by atoms with Crippen molar-refractivity contribution in [2.24, 2.45) is 0 Å². The smallest absolute Gasteiger partial charge is 0.165 e. The van der Waals surface area contributed by atoms with Gasteiger partial charge in [0.15, 0.2) is 11.6 Å². The lowest BCUT2D eigenvalue weighted by Gasteiger charge is -2.15. The summed E-state index contributed by atoms with van der Waals surface area (Å²) in [5.41, 5.74) is 8.52. The summed E-state index contributed by atoms with van der Waals surface area (Å²) in [5, 5.41) is 2.37. The van der Waals surface area contributed by atoms with Gasteiger partial charge >= 0.3 is 0 Å². The highest BCUT2D eigenvalue weighted by Gasteiger charge is 2.20. The highest BCUT2D eigenvalue weighted by Crippen LogP contribution is 2.38. The second-order valence-corrected chi connectivity index (χ2v) is 10.7. The molecule has 4 aromatic carbocycles. The monoisotopic (exact) mass is 547 g/mol. The van der Waals surface area contributed by atoms with Gasteiger partial charge in [-0.3, -0.25) is 0 Å². The first-order valence-corrected chi connectivity index (χ1v) is 14.0. The summed E-state index contributed by atoms with van der Waals surface area (Å²) < 4.78 is 2.32. The van der Waals surface area contributed by atoms with Gasteiger partial charge in [-0.2, -0.15) is 0 Å². The van der Waals surface area contributed by atoms with Crippen molar-refractivity contribution in [3.05, 3.63) is 114 Å². The van der Waals surface area contributed by atoms with Crippen molar-refractivity contribution in [3.8, 4) is 39.6 Å². The molecule has 0 amide bonds. The Bertz CT molecular complexity index is 2100. The SMILES string of the molecule is Cc1ccc(-c2ccc3c4ccccc4n(-c4ccc(-c5nc(C)nc(C)n5)cc4-c4nc(C)nc(C)n4)c3c2)cc1. The molecule has 42 heavy (non-hydrogen) atoms. The Morgan fingerprint density at radius 1 is 0.452 bits per heavy atom. The fourth-order valence-electron chi connectivity index (χ4n) is 5.69. The number of aryl methyl sites for hydroxylation is 5. The molecular weight excluding hydrogens is 518 g/mol. The molecule has 0 saturated heterocycles. The number of hydrogen-bond donors (Lipinski definition) is 0. The van der Waals surface area contributed by atoms with Gasteiger partial charge in [0.05, 0.1) is 16.7 Å². The highest BCUT2D eigenvalue weighted by molar-refractivity contribution is 6.10. The summed E-state index contributed by atoms with van der Waals surface area (Å²) in [4.78, 5) is 27.7. The minimum absolute atomic E-state index is 0.611. The van der Waals surface area contributed by atoms with Gasteiger partial charge in [0.2, 0.25) is 0 Å². The second kappa shape index (κ2) is 9.96. The van der Waals surface area contributed by atoms with E-state index >= 15 is 0 Å². The zero-order valence-corrected chi connectivity index (χ0v) is 24.2. The largest absolute Gasteiger partial charge is 0.308 e. The molecule has 0 fully saturated rings. The van der Waals surface area contributed by atoms with Crippen molar-refractivity contribution in [1.29, 1.82) is 0 Å². The third-order valence-corrected chi connectivity index (χ3v) is 7.51. The lowest BCUT2D eigenvalue weighted by Crippen LogP contribution is -2.04. The Morgan fingerprint density at radius 3 is 1.71 bits per heavy atom. The molecular formula is C35H29N7. The first kappa shape index (κ1) is 25.7. The van der Waals surface area contributed by atoms with E-state index in [1.165, 1.54) is 21.9 Å². The average molecular weight is 548 g/mol. The summed E-state index contributed by atoms with van der Waals surface area (Å²) in [7, 11) is 0. The van der Waals surface area contributed by atoms with E-state index in [1.807, 2.05) is 27.7 Å². The summed E-state index contributed by atoms with van der Waals surface area (Å²) in [6.07, 6.45) is 0. The molecule has 0 atom stereocenters. The predicted molar refractivity (Wildman–Crippen MR) is 168 cm³/mol. The molecule has 7 heteroatoms. The maximum atomic E-state index is 4.79. The van der Waals surface area contributed by atoms with Gasteiger partial charge in [-0.05, 0) is 76.1 Å². The van der Waals surface area contributed by atoms with E-state index in [0.717, 1.165) is 33.4 Å². The zero-order chi connectivity index (χ0) is 29.0. The minimum Gasteiger partial charge on any atom is -0.308 e. The number of para-hydroxylation sites is 1. The normalized spacial score (nSPS) is 11.5. The third-order valence-electron chi connectivity index (χ3n) is 7.51. The van der Waals surface area contributed by atoms with Crippen molar-refractivity contribution in [2.45, 2.75) is 34.6 Å². The molecule has 0 aliphatic rings. The van der Waals surface area contributed by atoms with Crippen molar-refractivity contribution < 1.29 is 0 Å². The van der Waals surface area contributed by atoms with Gasteiger partial charge < -0.3 is 4.57 Å². The second-order valence-electron chi connectivity index (χ2n) is 10.7. The Kier molecular flexibility index (Phi) is 6.08. The first-order chi connectivity index (χ1) is 20.3. The maximum absolute atomic E-state index is 4.79. The molecule has 0 N–H and O–H groups in total. The molecule has 204 valence electrons. The number of nitrogens with zero attached hydrogens (tertiary/aromatic N) is 7. The van der Waals surface area contributed by atoms with Gasteiger partial charge in [-0.1, -0.05) is 60.2 Å². The number of fused-ring (bicyclic) bond motifs is 3. The van der Waals surface area contributed by atoms with E-state index in [2.05, 4.69) is 116 Å². The fourth-order valence-corrected chi connectivity index (χ4v) is 5.69. The van der Waals surface area contributed by atoms with Gasteiger partial charge in [0, 0.05) is 21.9 Å². The van der Waals surface area contributed by atoms with Crippen LogP contribution in [0.5, 0.6) is 0 Å². The lowest BCUT2D eigenvalue weighted by molar-refractivity contribution is 0.924. The molecule has 0 bridgehead atoms. The van der Waals surface area contributed by atoms with Crippen LogP contribution in [-0.2, 0) is 0 Å².